The number of ether oxygens (including phenoxy) is 1. The minimum atomic E-state index is -0.307. The zero-order chi connectivity index (χ0) is 23.4. The molecule has 0 fully saturated rings. The maximum Gasteiger partial charge on any atom is 0.272 e. The van der Waals surface area contributed by atoms with Crippen LogP contribution in [0.15, 0.2) is 88.7 Å². The number of carbonyl (C=O) groups excluding carboxylic acids is 2. The number of imide groups is 1. The second-order valence-electron chi connectivity index (χ2n) is 8.31. The minimum absolute atomic E-state index is 0.298. The molecule has 3 aromatic carbocycles. The Bertz CT molecular complexity index is 1170. The molecule has 4 rings (SSSR count). The molecule has 1 heterocycles. The lowest BCUT2D eigenvalue weighted by molar-refractivity contribution is -0.119. The number of aryl methyl sites for hydroxylation is 1. The normalized spacial score (nSPS) is 13.9. The molecular weight excluding hydrogens is 430 g/mol. The average Bonchev–Trinajstić information content (AvgIpc) is 3.08. The lowest BCUT2D eigenvalue weighted by atomic mass is 10.1. The molecule has 0 spiro atoms. The van der Waals surface area contributed by atoms with E-state index in [9.17, 15) is 9.59 Å². The van der Waals surface area contributed by atoms with Gasteiger partial charge in [0.05, 0.1) is 22.8 Å². The summed E-state index contributed by atoms with van der Waals surface area (Å²) in [5.41, 5.74) is 2.86. The second-order valence-corrected chi connectivity index (χ2v) is 9.40. The van der Waals surface area contributed by atoms with Crippen LogP contribution in [0.1, 0.15) is 31.9 Å². The van der Waals surface area contributed by atoms with Gasteiger partial charge < -0.3 is 4.74 Å². The quantitative estimate of drug-likeness (QED) is 0.369. The Morgan fingerprint density at radius 2 is 1.52 bits per heavy atom. The van der Waals surface area contributed by atoms with Crippen molar-refractivity contribution in [1.82, 2.24) is 0 Å². The van der Waals surface area contributed by atoms with E-state index in [0.29, 0.717) is 34.3 Å². The Kier molecular flexibility index (Phi) is 6.99. The molecule has 5 heteroatoms. The molecule has 1 aliphatic rings. The fraction of sp³-hybridized carbons (Fsp3) is 0.214. The first-order valence-corrected chi connectivity index (χ1v) is 12.0. The fourth-order valence-electron chi connectivity index (χ4n) is 3.56. The van der Waals surface area contributed by atoms with Crippen molar-refractivity contribution in [1.29, 1.82) is 0 Å². The Balaban J connectivity index is 1.71. The van der Waals surface area contributed by atoms with E-state index in [-0.39, 0.29) is 11.8 Å². The molecule has 0 saturated carbocycles. The number of benzene rings is 3. The minimum Gasteiger partial charge on any atom is -0.493 e. The van der Waals surface area contributed by atoms with Crippen molar-refractivity contribution in [2.75, 3.05) is 11.5 Å². The lowest BCUT2D eigenvalue weighted by Gasteiger charge is -2.15. The zero-order valence-corrected chi connectivity index (χ0v) is 19.9. The number of anilines is 1. The second kappa shape index (κ2) is 10.1. The molecule has 1 aliphatic heterocycles. The summed E-state index contributed by atoms with van der Waals surface area (Å²) < 4.78 is 5.78. The third-order valence-electron chi connectivity index (χ3n) is 5.33. The molecule has 33 heavy (non-hydrogen) atoms. The van der Waals surface area contributed by atoms with Gasteiger partial charge in [-0.3, -0.25) is 9.59 Å². The van der Waals surface area contributed by atoms with Gasteiger partial charge in [-0.2, -0.15) is 0 Å². The molecule has 168 valence electrons. The van der Waals surface area contributed by atoms with E-state index in [1.165, 1.54) is 16.7 Å². The Hall–Kier alpha value is -3.31. The summed E-state index contributed by atoms with van der Waals surface area (Å²) in [5.74, 6) is 0.559. The van der Waals surface area contributed by atoms with E-state index in [1.807, 2.05) is 78.9 Å². The first-order valence-electron chi connectivity index (χ1n) is 11.2. The summed E-state index contributed by atoms with van der Waals surface area (Å²) in [6.07, 6.45) is 0.895. The van der Waals surface area contributed by atoms with Crippen molar-refractivity contribution in [2.24, 2.45) is 5.92 Å². The monoisotopic (exact) mass is 457 g/mol. The van der Waals surface area contributed by atoms with Gasteiger partial charge in [-0.15, -0.1) is 0 Å². The predicted molar refractivity (Wildman–Crippen MR) is 134 cm³/mol. The van der Waals surface area contributed by atoms with Crippen LogP contribution in [0.2, 0.25) is 0 Å². The van der Waals surface area contributed by atoms with E-state index < -0.39 is 0 Å². The Labute approximate surface area is 199 Å². The average molecular weight is 458 g/mol. The summed E-state index contributed by atoms with van der Waals surface area (Å²) in [6.45, 7) is 6.88. The van der Waals surface area contributed by atoms with Gasteiger partial charge in [-0.25, -0.2) is 4.90 Å². The first kappa shape index (κ1) is 22.9. The van der Waals surface area contributed by atoms with Crippen molar-refractivity contribution < 1.29 is 14.3 Å². The third-order valence-corrected chi connectivity index (χ3v) is 6.42. The summed E-state index contributed by atoms with van der Waals surface area (Å²) in [7, 11) is 0. The highest BCUT2D eigenvalue weighted by molar-refractivity contribution is 8.04. The van der Waals surface area contributed by atoms with Gasteiger partial charge in [0.2, 0.25) is 0 Å². The molecule has 0 saturated heterocycles. The molecule has 0 bridgehead atoms. The predicted octanol–water partition coefficient (Wildman–Crippen LogP) is 6.36. The van der Waals surface area contributed by atoms with E-state index in [1.54, 1.807) is 0 Å². The molecule has 0 atom stereocenters. The number of rotatable bonds is 8. The molecular formula is C28H27NO3S. The largest absolute Gasteiger partial charge is 0.493 e. The third kappa shape index (κ3) is 5.04. The van der Waals surface area contributed by atoms with Crippen LogP contribution in [0.3, 0.4) is 0 Å². The number of hydrogen-bond donors (Lipinski definition) is 0. The van der Waals surface area contributed by atoms with Crippen LogP contribution < -0.4 is 9.64 Å². The topological polar surface area (TPSA) is 46.6 Å². The van der Waals surface area contributed by atoms with Crippen LogP contribution in [0.25, 0.3) is 5.57 Å². The highest BCUT2D eigenvalue weighted by Crippen LogP contribution is 2.41. The van der Waals surface area contributed by atoms with E-state index in [0.717, 1.165) is 22.6 Å². The zero-order valence-electron chi connectivity index (χ0n) is 19.1. The van der Waals surface area contributed by atoms with Crippen molar-refractivity contribution >= 4 is 34.8 Å². The maximum atomic E-state index is 13.6. The van der Waals surface area contributed by atoms with Gasteiger partial charge >= 0.3 is 0 Å². The number of carbonyl (C=O) groups is 2. The molecule has 0 aliphatic carbocycles. The number of thioether (sulfide) groups is 1. The van der Waals surface area contributed by atoms with Crippen molar-refractivity contribution in [3.05, 3.63) is 94.9 Å². The fourth-order valence-corrected chi connectivity index (χ4v) is 4.58. The first-order chi connectivity index (χ1) is 16.0. The summed E-state index contributed by atoms with van der Waals surface area (Å²) >= 11 is 1.33. The van der Waals surface area contributed by atoms with E-state index >= 15 is 0 Å². The van der Waals surface area contributed by atoms with Crippen LogP contribution in [-0.2, 0) is 16.0 Å². The molecule has 4 nitrogen and oxygen atoms in total. The molecule has 0 aromatic heterocycles. The van der Waals surface area contributed by atoms with Gasteiger partial charge in [-0.1, -0.05) is 75.0 Å². The van der Waals surface area contributed by atoms with Gasteiger partial charge in [0.15, 0.2) is 0 Å². The number of amides is 2. The summed E-state index contributed by atoms with van der Waals surface area (Å²) in [4.78, 5) is 29.7. The van der Waals surface area contributed by atoms with Crippen LogP contribution in [0, 0.1) is 5.92 Å². The van der Waals surface area contributed by atoms with Crippen LogP contribution in [0.5, 0.6) is 5.75 Å². The van der Waals surface area contributed by atoms with Gasteiger partial charge in [0.25, 0.3) is 11.8 Å². The smallest absolute Gasteiger partial charge is 0.272 e. The number of hydrogen-bond acceptors (Lipinski definition) is 4. The van der Waals surface area contributed by atoms with Gasteiger partial charge in [0, 0.05) is 4.90 Å². The maximum absolute atomic E-state index is 13.6. The van der Waals surface area contributed by atoms with Crippen LogP contribution in [0.4, 0.5) is 5.69 Å². The van der Waals surface area contributed by atoms with E-state index in [4.69, 9.17) is 4.74 Å². The van der Waals surface area contributed by atoms with Crippen LogP contribution in [-0.4, -0.2) is 18.4 Å². The Morgan fingerprint density at radius 1 is 0.848 bits per heavy atom. The SMILES string of the molecule is CCc1ccc(N2C(=O)C(Sc3ccccc3)=C(c3ccc(OCC(C)C)cc3)C2=O)cc1. The summed E-state index contributed by atoms with van der Waals surface area (Å²) in [5, 5.41) is 0. The summed E-state index contributed by atoms with van der Waals surface area (Å²) in [6, 6.07) is 24.7. The van der Waals surface area contributed by atoms with Crippen LogP contribution >= 0.6 is 11.8 Å². The molecule has 2 amide bonds. The van der Waals surface area contributed by atoms with E-state index in [2.05, 4.69) is 20.8 Å². The molecule has 0 radical (unpaired) electrons. The molecule has 0 N–H and O–H groups in total. The van der Waals surface area contributed by atoms with Gasteiger partial charge in [0.1, 0.15) is 5.75 Å². The highest BCUT2D eigenvalue weighted by atomic mass is 32.2. The van der Waals surface area contributed by atoms with Crippen molar-refractivity contribution in [2.45, 2.75) is 32.1 Å². The number of nitrogens with zero attached hydrogens (tertiary/aromatic N) is 1. The highest BCUT2D eigenvalue weighted by Gasteiger charge is 2.40. The van der Waals surface area contributed by atoms with Gasteiger partial charge in [-0.05, 0) is 59.9 Å². The molecule has 3 aromatic rings. The standard InChI is InChI=1S/C28H27NO3S/c1-4-20-10-14-22(15-11-20)29-27(30)25(21-12-16-23(17-13-21)32-18-19(2)3)26(28(29)31)33-24-8-6-5-7-9-24/h5-17,19H,4,18H2,1-3H3. The lowest BCUT2D eigenvalue weighted by Crippen LogP contribution is -2.31. The molecule has 0 unspecified atom stereocenters. The van der Waals surface area contributed by atoms with Crippen molar-refractivity contribution in [3.63, 3.8) is 0 Å². The van der Waals surface area contributed by atoms with Crippen molar-refractivity contribution in [3.8, 4) is 5.75 Å². The Morgan fingerprint density at radius 3 is 2.12 bits per heavy atom.